The fraction of sp³-hybridized carbons (Fsp3) is 0.316. The quantitative estimate of drug-likeness (QED) is 0.816. The molecular weight excluding hydrogens is 293 g/mol. The van der Waals surface area contributed by atoms with Crippen LogP contribution in [0.25, 0.3) is 0 Å². The lowest BCUT2D eigenvalue weighted by Crippen LogP contribution is -2.34. The highest BCUT2D eigenvalue weighted by Gasteiger charge is 2.32. The molecule has 4 heteroatoms. The van der Waals surface area contributed by atoms with Gasteiger partial charge in [0.25, 0.3) is 0 Å². The summed E-state index contributed by atoms with van der Waals surface area (Å²) in [5, 5.41) is 0. The minimum Gasteiger partial charge on any atom is -0.497 e. The third-order valence-electron chi connectivity index (χ3n) is 4.12. The maximum atomic E-state index is 13.8. The van der Waals surface area contributed by atoms with E-state index in [-0.39, 0.29) is 24.2 Å². The molecular formula is C19H20FNO2. The van der Waals surface area contributed by atoms with E-state index in [1.165, 1.54) is 6.07 Å². The summed E-state index contributed by atoms with van der Waals surface area (Å²) < 4.78 is 18.9. The molecule has 0 heterocycles. The van der Waals surface area contributed by atoms with Crippen LogP contribution in [0.5, 0.6) is 5.75 Å². The van der Waals surface area contributed by atoms with Crippen LogP contribution in [0.4, 0.5) is 4.39 Å². The zero-order valence-electron chi connectivity index (χ0n) is 13.2. The Hall–Kier alpha value is -2.36. The van der Waals surface area contributed by atoms with Gasteiger partial charge in [-0.2, -0.15) is 0 Å². The molecule has 1 fully saturated rings. The van der Waals surface area contributed by atoms with Gasteiger partial charge in [0.05, 0.1) is 13.5 Å². The van der Waals surface area contributed by atoms with Gasteiger partial charge in [-0.3, -0.25) is 4.79 Å². The molecule has 0 unspecified atom stereocenters. The number of carbonyl (C=O) groups excluding carboxylic acids is 1. The van der Waals surface area contributed by atoms with Crippen LogP contribution in [-0.2, 0) is 17.8 Å². The van der Waals surface area contributed by atoms with E-state index in [4.69, 9.17) is 4.74 Å². The summed E-state index contributed by atoms with van der Waals surface area (Å²) in [7, 11) is 1.63. The van der Waals surface area contributed by atoms with Crippen molar-refractivity contribution in [3.8, 4) is 5.75 Å². The van der Waals surface area contributed by atoms with Crippen molar-refractivity contribution in [3.63, 3.8) is 0 Å². The topological polar surface area (TPSA) is 29.5 Å². The molecule has 1 aliphatic rings. The maximum Gasteiger partial charge on any atom is 0.227 e. The molecule has 2 aromatic carbocycles. The van der Waals surface area contributed by atoms with Crippen LogP contribution in [0, 0.1) is 5.82 Å². The third kappa shape index (κ3) is 3.89. The number of benzene rings is 2. The maximum absolute atomic E-state index is 13.8. The molecule has 120 valence electrons. The fourth-order valence-electron chi connectivity index (χ4n) is 2.64. The third-order valence-corrected chi connectivity index (χ3v) is 4.12. The predicted octanol–water partition coefficient (Wildman–Crippen LogP) is 3.57. The summed E-state index contributed by atoms with van der Waals surface area (Å²) in [5.41, 5.74) is 1.51. The summed E-state index contributed by atoms with van der Waals surface area (Å²) in [6, 6.07) is 14.5. The normalized spacial score (nSPS) is 13.7. The molecule has 0 radical (unpaired) electrons. The van der Waals surface area contributed by atoms with E-state index in [9.17, 15) is 9.18 Å². The molecule has 2 aromatic rings. The van der Waals surface area contributed by atoms with E-state index < -0.39 is 0 Å². The molecule has 3 rings (SSSR count). The molecule has 1 aliphatic carbocycles. The second-order valence-corrected chi connectivity index (χ2v) is 5.87. The van der Waals surface area contributed by atoms with E-state index in [0.717, 1.165) is 24.2 Å². The van der Waals surface area contributed by atoms with Gasteiger partial charge in [0.2, 0.25) is 5.91 Å². The summed E-state index contributed by atoms with van der Waals surface area (Å²) in [6.07, 6.45) is 2.16. The van der Waals surface area contributed by atoms with Crippen LogP contribution in [0.3, 0.4) is 0 Å². The Morgan fingerprint density at radius 2 is 1.87 bits per heavy atom. The molecule has 0 bridgehead atoms. The highest BCUT2D eigenvalue weighted by molar-refractivity contribution is 5.79. The number of hydrogen-bond donors (Lipinski definition) is 0. The van der Waals surface area contributed by atoms with Crippen molar-refractivity contribution in [1.82, 2.24) is 4.90 Å². The van der Waals surface area contributed by atoms with Crippen LogP contribution in [0.1, 0.15) is 24.0 Å². The number of nitrogens with zero attached hydrogens (tertiary/aromatic N) is 1. The van der Waals surface area contributed by atoms with Gasteiger partial charge in [0.15, 0.2) is 0 Å². The molecule has 1 saturated carbocycles. The molecule has 0 atom stereocenters. The summed E-state index contributed by atoms with van der Waals surface area (Å²) in [6.45, 7) is 0.557. The van der Waals surface area contributed by atoms with E-state index in [0.29, 0.717) is 12.1 Å². The van der Waals surface area contributed by atoms with E-state index in [1.807, 2.05) is 29.2 Å². The lowest BCUT2D eigenvalue weighted by molar-refractivity contribution is -0.131. The van der Waals surface area contributed by atoms with Crippen molar-refractivity contribution in [2.75, 3.05) is 7.11 Å². The molecule has 0 aliphatic heterocycles. The lowest BCUT2D eigenvalue weighted by atomic mass is 10.1. The number of halogens is 1. The molecule has 23 heavy (non-hydrogen) atoms. The van der Waals surface area contributed by atoms with Crippen LogP contribution in [0.2, 0.25) is 0 Å². The van der Waals surface area contributed by atoms with Crippen molar-refractivity contribution in [3.05, 3.63) is 65.5 Å². The van der Waals surface area contributed by atoms with Crippen LogP contribution < -0.4 is 4.74 Å². The highest BCUT2D eigenvalue weighted by atomic mass is 19.1. The van der Waals surface area contributed by atoms with Crippen molar-refractivity contribution >= 4 is 5.91 Å². The van der Waals surface area contributed by atoms with Gasteiger partial charge in [0.1, 0.15) is 11.6 Å². The molecule has 1 amide bonds. The largest absolute Gasteiger partial charge is 0.497 e. The summed E-state index contributed by atoms with van der Waals surface area (Å²) in [4.78, 5) is 14.5. The molecule has 0 saturated heterocycles. The van der Waals surface area contributed by atoms with Crippen LogP contribution in [-0.4, -0.2) is 24.0 Å². The highest BCUT2D eigenvalue weighted by Crippen LogP contribution is 2.29. The first-order valence-corrected chi connectivity index (χ1v) is 7.83. The first-order chi connectivity index (χ1) is 11.2. The molecule has 0 aromatic heterocycles. The average Bonchev–Trinajstić information content (AvgIpc) is 3.40. The monoisotopic (exact) mass is 313 g/mol. The van der Waals surface area contributed by atoms with Gasteiger partial charge in [0, 0.05) is 12.6 Å². The van der Waals surface area contributed by atoms with Gasteiger partial charge in [-0.25, -0.2) is 4.39 Å². The van der Waals surface area contributed by atoms with Crippen molar-refractivity contribution in [1.29, 1.82) is 0 Å². The second kappa shape index (κ2) is 6.82. The predicted molar refractivity (Wildman–Crippen MR) is 86.7 cm³/mol. The van der Waals surface area contributed by atoms with E-state index in [2.05, 4.69) is 0 Å². The lowest BCUT2D eigenvalue weighted by Gasteiger charge is -2.23. The standard InChI is InChI=1S/C19H20FNO2/c1-23-17-10-6-14(7-11-17)13-21(16-8-9-16)19(22)12-15-4-2-3-5-18(15)20/h2-7,10-11,16H,8-9,12-13H2,1H3. The van der Waals surface area contributed by atoms with Gasteiger partial charge >= 0.3 is 0 Å². The zero-order chi connectivity index (χ0) is 16.2. The Labute approximate surface area is 135 Å². The van der Waals surface area contributed by atoms with Gasteiger partial charge in [-0.1, -0.05) is 30.3 Å². The first kappa shape index (κ1) is 15.5. The average molecular weight is 313 g/mol. The number of rotatable bonds is 6. The van der Waals surface area contributed by atoms with Crippen LogP contribution in [0.15, 0.2) is 48.5 Å². The summed E-state index contributed by atoms with van der Waals surface area (Å²) >= 11 is 0. The summed E-state index contributed by atoms with van der Waals surface area (Å²) in [5.74, 6) is 0.457. The number of amides is 1. The minimum atomic E-state index is -0.318. The number of methoxy groups -OCH3 is 1. The SMILES string of the molecule is COc1ccc(CN(C(=O)Cc2ccccc2F)C2CC2)cc1. The van der Waals surface area contributed by atoms with Gasteiger partial charge < -0.3 is 9.64 Å². The Balaban J connectivity index is 1.70. The fourth-order valence-corrected chi connectivity index (χ4v) is 2.64. The Bertz CT molecular complexity index is 680. The first-order valence-electron chi connectivity index (χ1n) is 7.83. The number of ether oxygens (including phenoxy) is 1. The van der Waals surface area contributed by atoms with Crippen LogP contribution >= 0.6 is 0 Å². The van der Waals surface area contributed by atoms with E-state index >= 15 is 0 Å². The Morgan fingerprint density at radius 3 is 2.48 bits per heavy atom. The smallest absolute Gasteiger partial charge is 0.227 e. The van der Waals surface area contributed by atoms with Crippen molar-refractivity contribution in [2.45, 2.75) is 31.8 Å². The van der Waals surface area contributed by atoms with Crippen molar-refractivity contribution < 1.29 is 13.9 Å². The van der Waals surface area contributed by atoms with Gasteiger partial charge in [-0.15, -0.1) is 0 Å². The Kier molecular flexibility index (Phi) is 4.60. The second-order valence-electron chi connectivity index (χ2n) is 5.87. The van der Waals surface area contributed by atoms with E-state index in [1.54, 1.807) is 25.3 Å². The van der Waals surface area contributed by atoms with Gasteiger partial charge in [-0.05, 0) is 42.2 Å². The molecule has 3 nitrogen and oxygen atoms in total. The molecule has 0 N–H and O–H groups in total. The minimum absolute atomic E-state index is 0.0200. The number of carbonyl (C=O) groups is 1. The Morgan fingerprint density at radius 1 is 1.17 bits per heavy atom. The van der Waals surface area contributed by atoms with Crippen molar-refractivity contribution in [2.24, 2.45) is 0 Å². The zero-order valence-corrected chi connectivity index (χ0v) is 13.2. The molecule has 0 spiro atoms. The number of hydrogen-bond acceptors (Lipinski definition) is 2.